The first kappa shape index (κ1) is 24.4. The minimum atomic E-state index is 1.15. The Kier molecular flexibility index (Phi) is 5.47. The molecule has 2 aliphatic rings. The molecule has 0 amide bonds. The molecule has 0 atom stereocenters. The zero-order valence-corrected chi connectivity index (χ0v) is 24.1. The van der Waals surface area contributed by atoms with Gasteiger partial charge in [0.05, 0.1) is 22.7 Å². The van der Waals surface area contributed by atoms with Gasteiger partial charge in [0.25, 0.3) is 0 Å². The van der Waals surface area contributed by atoms with Crippen molar-refractivity contribution in [3.05, 3.63) is 158 Å². The maximum atomic E-state index is 2.48. The minimum absolute atomic E-state index is 1.15. The molecule has 7 aromatic carbocycles. The van der Waals surface area contributed by atoms with Crippen molar-refractivity contribution in [1.29, 1.82) is 0 Å². The summed E-state index contributed by atoms with van der Waals surface area (Å²) >= 11 is 1.86. The second kappa shape index (κ2) is 9.65. The predicted molar refractivity (Wildman–Crippen MR) is 182 cm³/mol. The Labute approximate surface area is 255 Å². The van der Waals surface area contributed by atoms with Gasteiger partial charge >= 0.3 is 0 Å². The van der Waals surface area contributed by atoms with E-state index in [-0.39, 0.29) is 0 Å². The number of para-hydroxylation sites is 2. The third kappa shape index (κ3) is 3.75. The van der Waals surface area contributed by atoms with Crippen LogP contribution in [0, 0.1) is 0 Å². The van der Waals surface area contributed by atoms with Crippen LogP contribution in [-0.4, -0.2) is 0 Å². The average molecular weight is 567 g/mol. The van der Waals surface area contributed by atoms with E-state index in [9.17, 15) is 0 Å². The van der Waals surface area contributed by atoms with Crippen LogP contribution in [0.2, 0.25) is 0 Å². The first-order valence-corrected chi connectivity index (χ1v) is 15.4. The summed E-state index contributed by atoms with van der Waals surface area (Å²) in [6.45, 7) is 0. The van der Waals surface area contributed by atoms with Gasteiger partial charge in [-0.05, 0) is 76.7 Å². The summed E-state index contributed by atoms with van der Waals surface area (Å²) < 4.78 is 0. The van der Waals surface area contributed by atoms with E-state index < -0.39 is 0 Å². The molecule has 2 nitrogen and oxygen atoms in total. The van der Waals surface area contributed by atoms with E-state index in [4.69, 9.17) is 0 Å². The second-order valence-electron chi connectivity index (χ2n) is 11.0. The largest absolute Gasteiger partial charge is 0.309 e. The van der Waals surface area contributed by atoms with Crippen LogP contribution in [0.15, 0.2) is 168 Å². The molecule has 0 aliphatic carbocycles. The lowest BCUT2D eigenvalue weighted by atomic mass is 9.89. The lowest BCUT2D eigenvalue weighted by molar-refractivity contribution is 1.16. The van der Waals surface area contributed by atoms with E-state index in [0.717, 1.165) is 11.4 Å². The van der Waals surface area contributed by atoms with Gasteiger partial charge in [-0.3, -0.25) is 0 Å². The van der Waals surface area contributed by atoms with E-state index in [1.54, 1.807) is 0 Å². The van der Waals surface area contributed by atoms with Crippen LogP contribution in [0.3, 0.4) is 0 Å². The molecule has 9 rings (SSSR count). The van der Waals surface area contributed by atoms with Crippen molar-refractivity contribution in [3.8, 4) is 22.3 Å². The molecule has 0 unspecified atom stereocenters. The van der Waals surface area contributed by atoms with E-state index in [2.05, 4.69) is 168 Å². The highest BCUT2D eigenvalue weighted by Gasteiger charge is 2.34. The molecule has 2 heterocycles. The van der Waals surface area contributed by atoms with Gasteiger partial charge in [-0.25, -0.2) is 0 Å². The molecule has 202 valence electrons. The highest BCUT2D eigenvalue weighted by atomic mass is 32.2. The number of hydrogen-bond donors (Lipinski definition) is 0. The molecule has 7 aromatic rings. The lowest BCUT2D eigenvalue weighted by Gasteiger charge is -2.40. The van der Waals surface area contributed by atoms with Crippen molar-refractivity contribution >= 4 is 56.7 Å². The first-order valence-electron chi connectivity index (χ1n) is 14.6. The topological polar surface area (TPSA) is 6.48 Å². The van der Waals surface area contributed by atoms with Gasteiger partial charge in [0, 0.05) is 32.1 Å². The van der Waals surface area contributed by atoms with Crippen molar-refractivity contribution < 1.29 is 0 Å². The summed E-state index contributed by atoms with van der Waals surface area (Å²) in [5.41, 5.74) is 12.1. The van der Waals surface area contributed by atoms with Crippen molar-refractivity contribution in [3.63, 3.8) is 0 Å². The Morgan fingerprint density at radius 1 is 0.395 bits per heavy atom. The van der Waals surface area contributed by atoms with Crippen LogP contribution in [-0.2, 0) is 0 Å². The van der Waals surface area contributed by atoms with Gasteiger partial charge in [-0.1, -0.05) is 115 Å². The number of fused-ring (bicyclic) bond motifs is 5. The van der Waals surface area contributed by atoms with Crippen LogP contribution < -0.4 is 9.80 Å². The molecule has 0 spiro atoms. The highest BCUT2D eigenvalue weighted by Crippen LogP contribution is 2.61. The van der Waals surface area contributed by atoms with Crippen molar-refractivity contribution in [2.45, 2.75) is 9.79 Å². The summed E-state index contributed by atoms with van der Waals surface area (Å²) in [5, 5.41) is 2.54. The fraction of sp³-hybridized carbons (Fsp3) is 0. The molecule has 0 radical (unpaired) electrons. The average Bonchev–Trinajstić information content (AvgIpc) is 3.08. The van der Waals surface area contributed by atoms with E-state index in [1.165, 1.54) is 65.6 Å². The molecular weight excluding hydrogens is 541 g/mol. The predicted octanol–water partition coefficient (Wildman–Crippen LogP) is 11.9. The Hall–Kier alpha value is -5.25. The number of rotatable bonds is 3. The minimum Gasteiger partial charge on any atom is -0.309 e. The molecular formula is C40H26N2S. The van der Waals surface area contributed by atoms with Gasteiger partial charge < -0.3 is 9.80 Å². The van der Waals surface area contributed by atoms with Crippen molar-refractivity contribution in [2.24, 2.45) is 0 Å². The summed E-state index contributed by atoms with van der Waals surface area (Å²) in [7, 11) is 0. The SMILES string of the molecule is c1ccc(-c2ccc(N3c4ccccc4Sc4ccc5c(c43)-c3cccc4cccc(c34)N5c3ccccc3)cc2)cc1. The Morgan fingerprint density at radius 2 is 1.05 bits per heavy atom. The molecule has 0 saturated heterocycles. The van der Waals surface area contributed by atoms with Crippen LogP contribution in [0.5, 0.6) is 0 Å². The van der Waals surface area contributed by atoms with Crippen molar-refractivity contribution in [1.82, 2.24) is 0 Å². The quantitative estimate of drug-likeness (QED) is 0.210. The second-order valence-corrected chi connectivity index (χ2v) is 12.1. The van der Waals surface area contributed by atoms with Crippen LogP contribution >= 0.6 is 11.8 Å². The third-order valence-corrected chi connectivity index (χ3v) is 9.66. The molecule has 0 N–H and O–H groups in total. The molecule has 0 aromatic heterocycles. The summed E-state index contributed by atoms with van der Waals surface area (Å²) in [6.07, 6.45) is 0. The van der Waals surface area contributed by atoms with Gasteiger partial charge in [0.2, 0.25) is 0 Å². The zero-order valence-electron chi connectivity index (χ0n) is 23.3. The molecule has 2 aliphatic heterocycles. The molecule has 43 heavy (non-hydrogen) atoms. The maximum Gasteiger partial charge on any atom is 0.0701 e. The van der Waals surface area contributed by atoms with Gasteiger partial charge in [-0.15, -0.1) is 0 Å². The number of hydrogen-bond acceptors (Lipinski definition) is 3. The van der Waals surface area contributed by atoms with Gasteiger partial charge in [0.15, 0.2) is 0 Å². The first-order chi connectivity index (χ1) is 21.3. The van der Waals surface area contributed by atoms with E-state index >= 15 is 0 Å². The van der Waals surface area contributed by atoms with Gasteiger partial charge in [-0.2, -0.15) is 0 Å². The van der Waals surface area contributed by atoms with E-state index in [1.807, 2.05) is 11.8 Å². The third-order valence-electron chi connectivity index (χ3n) is 8.55. The summed E-state index contributed by atoms with van der Waals surface area (Å²) in [4.78, 5) is 7.43. The smallest absolute Gasteiger partial charge is 0.0701 e. The summed E-state index contributed by atoms with van der Waals surface area (Å²) in [5.74, 6) is 0. The molecule has 3 heteroatoms. The monoisotopic (exact) mass is 566 g/mol. The number of nitrogens with zero attached hydrogens (tertiary/aromatic N) is 2. The standard InChI is InChI=1S/C40H26N2S/c1-3-11-27(12-4-1)28-21-23-31(24-22-28)42-33-18-7-8-20-36(33)43-37-26-25-35-39(40(37)42)32-17-9-13-29-14-10-19-34(38(29)32)41(35)30-15-5-2-6-16-30/h1-26H. The molecule has 0 bridgehead atoms. The van der Waals surface area contributed by atoms with Crippen LogP contribution in [0.25, 0.3) is 33.0 Å². The van der Waals surface area contributed by atoms with Crippen molar-refractivity contribution in [2.75, 3.05) is 9.80 Å². The van der Waals surface area contributed by atoms with Crippen LogP contribution in [0.4, 0.5) is 34.1 Å². The van der Waals surface area contributed by atoms with Gasteiger partial charge in [0.1, 0.15) is 0 Å². The fourth-order valence-corrected chi connectivity index (χ4v) is 7.76. The normalized spacial score (nSPS) is 12.9. The Bertz CT molecular complexity index is 2150. The number of anilines is 6. The highest BCUT2D eigenvalue weighted by molar-refractivity contribution is 7.99. The zero-order chi connectivity index (χ0) is 28.3. The fourth-order valence-electron chi connectivity index (χ4n) is 6.69. The molecule has 0 fully saturated rings. The Balaban J connectivity index is 1.34. The van der Waals surface area contributed by atoms with E-state index in [0.29, 0.717) is 0 Å². The maximum absolute atomic E-state index is 2.48. The summed E-state index contributed by atoms with van der Waals surface area (Å²) in [6, 6.07) is 57.2. The lowest BCUT2D eigenvalue weighted by Crippen LogP contribution is -2.20. The molecule has 0 saturated carbocycles. The Morgan fingerprint density at radius 3 is 1.86 bits per heavy atom. The van der Waals surface area contributed by atoms with Crippen LogP contribution in [0.1, 0.15) is 0 Å². The number of benzene rings is 7.